The molecule has 2 N–H and O–H groups in total. The van der Waals surface area contributed by atoms with E-state index in [9.17, 15) is 13.2 Å². The second-order valence-electron chi connectivity index (χ2n) is 7.98. The number of benzene rings is 1. The summed E-state index contributed by atoms with van der Waals surface area (Å²) in [6.07, 6.45) is 2.47. The van der Waals surface area contributed by atoms with E-state index in [1.54, 1.807) is 20.9 Å². The lowest BCUT2D eigenvalue weighted by atomic mass is 10.00. The fourth-order valence-corrected chi connectivity index (χ4v) is 4.37. The van der Waals surface area contributed by atoms with Crippen LogP contribution in [0.15, 0.2) is 41.4 Å². The summed E-state index contributed by atoms with van der Waals surface area (Å²) in [5.74, 6) is 0.281. The van der Waals surface area contributed by atoms with E-state index in [0.29, 0.717) is 11.6 Å². The molecule has 0 saturated carbocycles. The molecule has 154 valence electrons. The molecule has 0 aliphatic carbocycles. The molecule has 0 unspecified atom stereocenters. The average molecular weight is 406 g/mol. The van der Waals surface area contributed by atoms with Crippen molar-refractivity contribution in [1.82, 2.24) is 14.6 Å². The van der Waals surface area contributed by atoms with Crippen LogP contribution in [0.4, 0.5) is 0 Å². The predicted molar refractivity (Wildman–Crippen MR) is 112 cm³/mol. The first kappa shape index (κ1) is 22.2. The highest BCUT2D eigenvalue weighted by Crippen LogP contribution is 2.18. The number of nitrogens with zero attached hydrogens (tertiary/aromatic N) is 1. The highest BCUT2D eigenvalue weighted by molar-refractivity contribution is 7.89. The Bertz CT molecular complexity index is 913. The molecule has 1 aromatic heterocycles. The van der Waals surface area contributed by atoms with Gasteiger partial charge < -0.3 is 9.88 Å². The minimum atomic E-state index is -3.64. The first-order valence-corrected chi connectivity index (χ1v) is 11.1. The van der Waals surface area contributed by atoms with E-state index >= 15 is 0 Å². The standard InChI is InChI=1S/C21H31N3O3S/c1-14(2)11-17-7-9-18(10-8-17)16(5)22-21(25)20-12-19(13-24(20)6)28(26,27)23-15(3)4/h7-10,12-16,23H,11H2,1-6H3,(H,22,25)/t16-/m1/s1. The molecule has 6 nitrogen and oxygen atoms in total. The van der Waals surface area contributed by atoms with Gasteiger partial charge in [0.15, 0.2) is 0 Å². The molecule has 0 bridgehead atoms. The van der Waals surface area contributed by atoms with Crippen LogP contribution in [-0.4, -0.2) is 24.9 Å². The normalized spacial score (nSPS) is 13.1. The van der Waals surface area contributed by atoms with Gasteiger partial charge in [0.25, 0.3) is 5.91 Å². The minimum absolute atomic E-state index is 0.0829. The first-order valence-electron chi connectivity index (χ1n) is 9.58. The van der Waals surface area contributed by atoms with Crippen molar-refractivity contribution in [2.24, 2.45) is 13.0 Å². The molecule has 28 heavy (non-hydrogen) atoms. The Kier molecular flexibility index (Phi) is 7.06. The zero-order valence-electron chi connectivity index (χ0n) is 17.5. The molecule has 1 aromatic carbocycles. The lowest BCUT2D eigenvalue weighted by molar-refractivity contribution is 0.0931. The number of carbonyl (C=O) groups excluding carboxylic acids is 1. The van der Waals surface area contributed by atoms with Crippen molar-refractivity contribution < 1.29 is 13.2 Å². The lowest BCUT2D eigenvalue weighted by Gasteiger charge is -2.15. The van der Waals surface area contributed by atoms with E-state index in [-0.39, 0.29) is 22.9 Å². The van der Waals surface area contributed by atoms with Gasteiger partial charge in [0, 0.05) is 19.3 Å². The monoisotopic (exact) mass is 405 g/mol. The van der Waals surface area contributed by atoms with Gasteiger partial charge in [-0.25, -0.2) is 13.1 Å². The van der Waals surface area contributed by atoms with Crippen LogP contribution in [0, 0.1) is 5.92 Å². The summed E-state index contributed by atoms with van der Waals surface area (Å²) in [6.45, 7) is 9.78. The molecule has 2 aromatic rings. The Morgan fingerprint density at radius 1 is 1.07 bits per heavy atom. The maximum Gasteiger partial charge on any atom is 0.268 e. The SMILES string of the molecule is CC(C)Cc1ccc([C@@H](C)NC(=O)c2cc(S(=O)(=O)NC(C)C)cn2C)cc1. The Balaban J connectivity index is 2.12. The largest absolute Gasteiger partial charge is 0.345 e. The molecule has 0 fully saturated rings. The van der Waals surface area contributed by atoms with E-state index in [1.165, 1.54) is 22.4 Å². The fourth-order valence-electron chi connectivity index (χ4n) is 3.05. The van der Waals surface area contributed by atoms with Crippen LogP contribution in [0.3, 0.4) is 0 Å². The minimum Gasteiger partial charge on any atom is -0.345 e. The van der Waals surface area contributed by atoms with Crippen molar-refractivity contribution in [2.45, 2.75) is 58.0 Å². The maximum atomic E-state index is 12.7. The van der Waals surface area contributed by atoms with Gasteiger partial charge in [-0.2, -0.15) is 0 Å². The van der Waals surface area contributed by atoms with Gasteiger partial charge in [-0.05, 0) is 50.3 Å². The van der Waals surface area contributed by atoms with Gasteiger partial charge >= 0.3 is 0 Å². The van der Waals surface area contributed by atoms with E-state index in [4.69, 9.17) is 0 Å². The Morgan fingerprint density at radius 3 is 2.21 bits per heavy atom. The molecule has 0 aliphatic rings. The van der Waals surface area contributed by atoms with Crippen LogP contribution in [0.5, 0.6) is 0 Å². The number of rotatable bonds is 8. The maximum absolute atomic E-state index is 12.7. The highest BCUT2D eigenvalue weighted by atomic mass is 32.2. The summed E-state index contributed by atoms with van der Waals surface area (Å²) in [4.78, 5) is 12.8. The number of hydrogen-bond acceptors (Lipinski definition) is 3. The smallest absolute Gasteiger partial charge is 0.268 e. The van der Waals surface area contributed by atoms with Gasteiger partial charge in [0.05, 0.1) is 6.04 Å². The van der Waals surface area contributed by atoms with Crippen molar-refractivity contribution in [1.29, 1.82) is 0 Å². The van der Waals surface area contributed by atoms with Gasteiger partial charge in [-0.3, -0.25) is 4.79 Å². The number of aryl methyl sites for hydroxylation is 1. The number of sulfonamides is 1. The molecule has 0 spiro atoms. The van der Waals surface area contributed by atoms with Gasteiger partial charge in [-0.15, -0.1) is 0 Å². The van der Waals surface area contributed by atoms with Gasteiger partial charge in [0.2, 0.25) is 10.0 Å². The van der Waals surface area contributed by atoms with E-state index in [1.807, 2.05) is 19.1 Å². The average Bonchev–Trinajstić information content (AvgIpc) is 2.96. The summed E-state index contributed by atoms with van der Waals surface area (Å²) in [5, 5.41) is 2.94. The third-order valence-electron chi connectivity index (χ3n) is 4.38. The molecular formula is C21H31N3O3S. The second-order valence-corrected chi connectivity index (χ2v) is 9.70. The van der Waals surface area contributed by atoms with Crippen molar-refractivity contribution >= 4 is 15.9 Å². The molecule has 0 aliphatic heterocycles. The van der Waals surface area contributed by atoms with Crippen LogP contribution in [0.1, 0.15) is 62.3 Å². The van der Waals surface area contributed by atoms with E-state index in [2.05, 4.69) is 36.0 Å². The van der Waals surface area contributed by atoms with E-state index < -0.39 is 10.0 Å². The molecule has 7 heteroatoms. The molecule has 0 radical (unpaired) electrons. The van der Waals surface area contributed by atoms with Crippen molar-refractivity contribution in [3.05, 3.63) is 53.3 Å². The van der Waals surface area contributed by atoms with E-state index in [0.717, 1.165) is 12.0 Å². The molecular weight excluding hydrogens is 374 g/mol. The number of amides is 1. The summed E-state index contributed by atoms with van der Waals surface area (Å²) < 4.78 is 28.7. The van der Waals surface area contributed by atoms with Crippen molar-refractivity contribution in [3.63, 3.8) is 0 Å². The van der Waals surface area contributed by atoms with Gasteiger partial charge in [-0.1, -0.05) is 38.1 Å². The number of carbonyl (C=O) groups is 1. The summed E-state index contributed by atoms with van der Waals surface area (Å²) in [5.41, 5.74) is 2.57. The number of nitrogens with one attached hydrogen (secondary N) is 2. The molecule has 0 saturated heterocycles. The molecule has 1 amide bonds. The first-order chi connectivity index (χ1) is 13.0. The highest BCUT2D eigenvalue weighted by Gasteiger charge is 2.22. The third kappa shape index (κ3) is 5.69. The van der Waals surface area contributed by atoms with Crippen LogP contribution < -0.4 is 10.0 Å². The summed E-state index contributed by atoms with van der Waals surface area (Å²) >= 11 is 0. The van der Waals surface area contributed by atoms with Crippen molar-refractivity contribution in [2.75, 3.05) is 0 Å². The quantitative estimate of drug-likeness (QED) is 0.706. The topological polar surface area (TPSA) is 80.2 Å². The molecule has 2 rings (SSSR count). The van der Waals surface area contributed by atoms with Crippen LogP contribution >= 0.6 is 0 Å². The number of hydrogen-bond donors (Lipinski definition) is 2. The lowest BCUT2D eigenvalue weighted by Crippen LogP contribution is -2.30. The zero-order chi connectivity index (χ0) is 21.1. The van der Waals surface area contributed by atoms with Crippen LogP contribution in [-0.2, 0) is 23.5 Å². The molecule has 1 heterocycles. The van der Waals surface area contributed by atoms with Crippen LogP contribution in [0.2, 0.25) is 0 Å². The third-order valence-corrected chi connectivity index (χ3v) is 6.01. The second kappa shape index (κ2) is 8.92. The predicted octanol–water partition coefficient (Wildman–Crippen LogP) is 3.40. The molecule has 1 atom stereocenters. The summed E-state index contributed by atoms with van der Waals surface area (Å²) in [6, 6.07) is 9.21. The Morgan fingerprint density at radius 2 is 1.68 bits per heavy atom. The van der Waals surface area contributed by atoms with Gasteiger partial charge in [0.1, 0.15) is 10.6 Å². The fraction of sp³-hybridized carbons (Fsp3) is 0.476. The number of aromatic nitrogens is 1. The summed E-state index contributed by atoms with van der Waals surface area (Å²) in [7, 11) is -1.98. The Hall–Kier alpha value is -2.12. The van der Waals surface area contributed by atoms with Crippen molar-refractivity contribution in [3.8, 4) is 0 Å². The van der Waals surface area contributed by atoms with Crippen LogP contribution in [0.25, 0.3) is 0 Å². The Labute approximate surface area is 168 Å². The zero-order valence-corrected chi connectivity index (χ0v) is 18.3.